The minimum absolute atomic E-state index is 0.176. The molecule has 2 aromatic rings. The van der Waals surface area contributed by atoms with Gasteiger partial charge >= 0.3 is 0 Å². The highest BCUT2D eigenvalue weighted by Crippen LogP contribution is 2.38. The molecule has 7 heteroatoms. The Morgan fingerprint density at radius 2 is 2.08 bits per heavy atom. The second kappa shape index (κ2) is 6.07. The number of aromatic nitrogens is 1. The first kappa shape index (κ1) is 16.2. The van der Waals surface area contributed by atoms with Gasteiger partial charge in [0, 0.05) is 29.1 Å². The molecule has 0 radical (unpaired) electrons. The second-order valence-electron chi connectivity index (χ2n) is 5.97. The number of ketones is 1. The Morgan fingerprint density at radius 3 is 2.67 bits per heavy atom. The molecule has 0 N–H and O–H groups in total. The average Bonchev–Trinajstić information content (AvgIpc) is 3.31. The van der Waals surface area contributed by atoms with Gasteiger partial charge in [-0.1, -0.05) is 0 Å². The van der Waals surface area contributed by atoms with Crippen molar-refractivity contribution in [3.8, 4) is 5.75 Å². The van der Waals surface area contributed by atoms with E-state index in [1.165, 1.54) is 0 Å². The largest absolute Gasteiger partial charge is 0.482 e. The molecule has 0 aliphatic heterocycles. The molecule has 1 heterocycles. The van der Waals surface area contributed by atoms with E-state index in [9.17, 15) is 19.3 Å². The molecule has 0 bridgehead atoms. The van der Waals surface area contributed by atoms with Crippen molar-refractivity contribution in [3.63, 3.8) is 0 Å². The van der Waals surface area contributed by atoms with E-state index < -0.39 is 10.7 Å². The topological polar surface area (TPSA) is 74.4 Å². The zero-order chi connectivity index (χ0) is 17.4. The van der Waals surface area contributed by atoms with Crippen LogP contribution < -0.4 is 4.74 Å². The molecule has 0 atom stereocenters. The molecule has 0 amide bonds. The first-order valence-electron chi connectivity index (χ1n) is 7.67. The summed E-state index contributed by atoms with van der Waals surface area (Å²) < 4.78 is 21.1. The van der Waals surface area contributed by atoms with E-state index in [0.29, 0.717) is 11.6 Å². The quantitative estimate of drug-likeness (QED) is 0.459. The van der Waals surface area contributed by atoms with Crippen molar-refractivity contribution in [2.45, 2.75) is 32.7 Å². The molecule has 0 unspecified atom stereocenters. The van der Waals surface area contributed by atoms with Gasteiger partial charge in [0.25, 0.3) is 5.69 Å². The number of hydrogen-bond acceptors (Lipinski definition) is 4. The second-order valence-corrected chi connectivity index (χ2v) is 5.97. The van der Waals surface area contributed by atoms with Crippen LogP contribution in [0.4, 0.5) is 10.1 Å². The molecular formula is C17H17FN2O4. The number of Topliss-reactive ketones (excluding diaryl/α,β-unsaturated/α-hetero) is 1. The number of halogens is 1. The summed E-state index contributed by atoms with van der Waals surface area (Å²) in [6.07, 6.45) is 2.24. The van der Waals surface area contributed by atoms with Crippen LogP contribution >= 0.6 is 0 Å². The fourth-order valence-corrected chi connectivity index (χ4v) is 2.90. The number of carbonyl (C=O) groups is 1. The average molecular weight is 332 g/mol. The van der Waals surface area contributed by atoms with E-state index in [2.05, 4.69) is 4.57 Å². The molecule has 126 valence electrons. The van der Waals surface area contributed by atoms with Gasteiger partial charge in [-0.25, -0.2) is 4.39 Å². The number of benzene rings is 1. The molecule has 1 saturated carbocycles. The molecule has 1 fully saturated rings. The number of nitrogens with zero attached hydrogens (tertiary/aromatic N) is 2. The third-order valence-electron chi connectivity index (χ3n) is 4.18. The van der Waals surface area contributed by atoms with Gasteiger partial charge in [0.2, 0.25) is 5.78 Å². The summed E-state index contributed by atoms with van der Waals surface area (Å²) in [5.41, 5.74) is 2.13. The minimum Gasteiger partial charge on any atom is -0.482 e. The number of nitro benzene ring substituents is 1. The van der Waals surface area contributed by atoms with Gasteiger partial charge in [-0.15, -0.1) is 0 Å². The Labute approximate surface area is 138 Å². The van der Waals surface area contributed by atoms with Crippen molar-refractivity contribution in [1.29, 1.82) is 0 Å². The monoisotopic (exact) mass is 332 g/mol. The number of hydrogen-bond donors (Lipinski definition) is 0. The van der Waals surface area contributed by atoms with Crippen LogP contribution in [0.15, 0.2) is 24.3 Å². The molecule has 24 heavy (non-hydrogen) atoms. The Morgan fingerprint density at radius 1 is 1.38 bits per heavy atom. The Bertz CT molecular complexity index is 824. The van der Waals surface area contributed by atoms with E-state index in [-0.39, 0.29) is 23.8 Å². The fraction of sp³-hybridized carbons (Fsp3) is 0.353. The van der Waals surface area contributed by atoms with Gasteiger partial charge in [-0.2, -0.15) is 0 Å². The van der Waals surface area contributed by atoms with Crippen LogP contribution in [0.5, 0.6) is 5.75 Å². The Hall–Kier alpha value is -2.70. The van der Waals surface area contributed by atoms with Gasteiger partial charge in [-0.05, 0) is 38.8 Å². The Balaban J connectivity index is 1.72. The highest BCUT2D eigenvalue weighted by molar-refractivity contribution is 5.98. The van der Waals surface area contributed by atoms with E-state index in [4.69, 9.17) is 4.74 Å². The lowest BCUT2D eigenvalue weighted by molar-refractivity contribution is -0.385. The Kier molecular flexibility index (Phi) is 4.09. The highest BCUT2D eigenvalue weighted by Gasteiger charge is 2.28. The number of non-ortho nitro benzene ring substituents is 1. The lowest BCUT2D eigenvalue weighted by atomic mass is 10.1. The molecule has 0 saturated heterocycles. The van der Waals surface area contributed by atoms with Crippen molar-refractivity contribution in [3.05, 3.63) is 57.1 Å². The van der Waals surface area contributed by atoms with Crippen LogP contribution in [-0.2, 0) is 0 Å². The first-order chi connectivity index (χ1) is 11.4. The third-order valence-corrected chi connectivity index (χ3v) is 4.18. The van der Waals surface area contributed by atoms with E-state index >= 15 is 0 Å². The molecule has 1 aliphatic carbocycles. The van der Waals surface area contributed by atoms with Crippen molar-refractivity contribution in [2.24, 2.45) is 0 Å². The van der Waals surface area contributed by atoms with Gasteiger partial charge in [0.05, 0.1) is 11.0 Å². The maximum Gasteiger partial charge on any atom is 0.272 e. The number of rotatable bonds is 6. The van der Waals surface area contributed by atoms with Crippen molar-refractivity contribution >= 4 is 11.5 Å². The highest BCUT2D eigenvalue weighted by atomic mass is 19.1. The van der Waals surface area contributed by atoms with E-state index in [1.807, 2.05) is 19.9 Å². The van der Waals surface area contributed by atoms with Crippen LogP contribution in [0.1, 0.15) is 40.6 Å². The standard InChI is InChI=1S/C17H17FN2O4/c1-10-7-14(11(2)19(10)12-3-4-12)16(21)9-24-17-6-5-13(20(22)23)8-15(17)18/h5-8,12H,3-4,9H2,1-2H3. The zero-order valence-electron chi connectivity index (χ0n) is 13.4. The molecule has 1 aromatic heterocycles. The van der Waals surface area contributed by atoms with Gasteiger partial charge in [0.15, 0.2) is 18.2 Å². The molecule has 6 nitrogen and oxygen atoms in total. The molecule has 0 spiro atoms. The SMILES string of the molecule is Cc1cc(C(=O)COc2ccc([N+](=O)[O-])cc2F)c(C)n1C1CC1. The summed E-state index contributed by atoms with van der Waals surface area (Å²) >= 11 is 0. The molecule has 1 aliphatic rings. The van der Waals surface area contributed by atoms with Crippen molar-refractivity contribution < 1.29 is 18.8 Å². The minimum atomic E-state index is -0.861. The van der Waals surface area contributed by atoms with Crippen LogP contribution in [-0.4, -0.2) is 21.9 Å². The summed E-state index contributed by atoms with van der Waals surface area (Å²) in [5, 5.41) is 10.6. The normalized spacial score (nSPS) is 13.8. The first-order valence-corrected chi connectivity index (χ1v) is 7.67. The number of carbonyl (C=O) groups excluding carboxylic acids is 1. The summed E-state index contributed by atoms with van der Waals surface area (Å²) in [4.78, 5) is 22.3. The van der Waals surface area contributed by atoms with E-state index in [0.717, 1.165) is 42.4 Å². The molecular weight excluding hydrogens is 315 g/mol. The van der Waals surface area contributed by atoms with Crippen LogP contribution in [0, 0.1) is 29.8 Å². The van der Waals surface area contributed by atoms with Gasteiger partial charge in [0.1, 0.15) is 0 Å². The summed E-state index contributed by atoms with van der Waals surface area (Å²) in [6, 6.07) is 5.38. The number of nitro groups is 1. The van der Waals surface area contributed by atoms with E-state index in [1.54, 1.807) is 0 Å². The number of aryl methyl sites for hydroxylation is 1. The van der Waals surface area contributed by atoms with Crippen LogP contribution in [0.2, 0.25) is 0 Å². The predicted molar refractivity (Wildman–Crippen MR) is 85.1 cm³/mol. The van der Waals surface area contributed by atoms with Gasteiger partial charge in [-0.3, -0.25) is 14.9 Å². The fourth-order valence-electron chi connectivity index (χ4n) is 2.90. The summed E-state index contributed by atoms with van der Waals surface area (Å²) in [5.74, 6) is -1.28. The maximum atomic E-state index is 13.8. The maximum absolute atomic E-state index is 13.8. The lowest BCUT2D eigenvalue weighted by Crippen LogP contribution is -2.13. The van der Waals surface area contributed by atoms with Crippen molar-refractivity contribution in [2.75, 3.05) is 6.61 Å². The zero-order valence-corrected chi connectivity index (χ0v) is 13.4. The number of ether oxygens (including phenoxy) is 1. The smallest absolute Gasteiger partial charge is 0.272 e. The van der Waals surface area contributed by atoms with Crippen LogP contribution in [0.25, 0.3) is 0 Å². The molecule has 1 aromatic carbocycles. The van der Waals surface area contributed by atoms with Crippen molar-refractivity contribution in [1.82, 2.24) is 4.57 Å². The predicted octanol–water partition coefficient (Wildman–Crippen LogP) is 3.75. The van der Waals surface area contributed by atoms with Crippen LogP contribution in [0.3, 0.4) is 0 Å². The third kappa shape index (κ3) is 3.02. The summed E-state index contributed by atoms with van der Waals surface area (Å²) in [7, 11) is 0. The lowest BCUT2D eigenvalue weighted by Gasteiger charge is -2.08. The summed E-state index contributed by atoms with van der Waals surface area (Å²) in [6.45, 7) is 3.54. The molecule has 3 rings (SSSR count). The van der Waals surface area contributed by atoms with Gasteiger partial charge < -0.3 is 9.30 Å².